The van der Waals surface area contributed by atoms with Gasteiger partial charge in [0.25, 0.3) is 11.8 Å². The highest BCUT2D eigenvalue weighted by atomic mass is 16.2. The Labute approximate surface area is 170 Å². The van der Waals surface area contributed by atoms with Crippen molar-refractivity contribution in [1.29, 1.82) is 0 Å². The summed E-state index contributed by atoms with van der Waals surface area (Å²) < 4.78 is 0. The van der Waals surface area contributed by atoms with Crippen molar-refractivity contribution in [2.24, 2.45) is 11.8 Å². The summed E-state index contributed by atoms with van der Waals surface area (Å²) in [5, 5.41) is 8.71. The van der Waals surface area contributed by atoms with Crippen molar-refractivity contribution in [3.63, 3.8) is 0 Å². The maximum absolute atomic E-state index is 12.4. The van der Waals surface area contributed by atoms with Crippen molar-refractivity contribution in [1.82, 2.24) is 10.6 Å². The molecule has 3 N–H and O–H groups in total. The van der Waals surface area contributed by atoms with Crippen LogP contribution in [0.2, 0.25) is 0 Å². The van der Waals surface area contributed by atoms with E-state index in [1.54, 1.807) is 36.4 Å². The lowest BCUT2D eigenvalue weighted by molar-refractivity contribution is -0.117. The first-order valence-electron chi connectivity index (χ1n) is 10.1. The van der Waals surface area contributed by atoms with Crippen LogP contribution in [0.15, 0.2) is 48.5 Å². The Kier molecular flexibility index (Phi) is 5.34. The number of benzene rings is 2. The molecule has 2 aromatic rings. The van der Waals surface area contributed by atoms with E-state index in [0.29, 0.717) is 35.3 Å². The highest BCUT2D eigenvalue weighted by Gasteiger charge is 2.39. The van der Waals surface area contributed by atoms with E-state index in [9.17, 15) is 14.4 Å². The molecule has 2 unspecified atom stereocenters. The van der Waals surface area contributed by atoms with Crippen LogP contribution in [-0.2, 0) is 11.3 Å². The summed E-state index contributed by atoms with van der Waals surface area (Å²) in [6.45, 7) is 2.44. The Hall–Kier alpha value is -3.15. The van der Waals surface area contributed by atoms with Gasteiger partial charge in [0, 0.05) is 35.3 Å². The molecule has 3 amide bonds. The summed E-state index contributed by atoms with van der Waals surface area (Å²) in [6.07, 6.45) is 3.06. The summed E-state index contributed by atoms with van der Waals surface area (Å²) in [5.41, 5.74) is 2.78. The maximum atomic E-state index is 12.4. The second kappa shape index (κ2) is 8.07. The van der Waals surface area contributed by atoms with E-state index in [1.807, 2.05) is 12.1 Å². The summed E-state index contributed by atoms with van der Waals surface area (Å²) in [4.78, 5) is 36.3. The molecular weight excluding hydrogens is 366 g/mol. The molecule has 0 bridgehead atoms. The molecule has 6 heteroatoms. The number of hydrogen-bond donors (Lipinski definition) is 3. The zero-order valence-electron chi connectivity index (χ0n) is 16.4. The zero-order chi connectivity index (χ0) is 20.4. The highest BCUT2D eigenvalue weighted by molar-refractivity contribution is 5.97. The van der Waals surface area contributed by atoms with E-state index >= 15 is 0 Å². The lowest BCUT2D eigenvalue weighted by Gasteiger charge is -2.08. The molecule has 2 atom stereocenters. The zero-order valence-corrected chi connectivity index (χ0v) is 16.4. The largest absolute Gasteiger partial charge is 0.349 e. The average Bonchev–Trinajstić information content (AvgIpc) is 3.65. The second-order valence-electron chi connectivity index (χ2n) is 8.01. The molecule has 150 valence electrons. The Balaban J connectivity index is 1.26. The van der Waals surface area contributed by atoms with E-state index in [2.05, 4.69) is 22.9 Å². The molecule has 0 heterocycles. The fourth-order valence-corrected chi connectivity index (χ4v) is 3.18. The van der Waals surface area contributed by atoms with Gasteiger partial charge in [0.2, 0.25) is 5.91 Å². The van der Waals surface area contributed by atoms with Gasteiger partial charge in [-0.05, 0) is 67.1 Å². The third kappa shape index (κ3) is 5.02. The molecule has 2 aliphatic rings. The van der Waals surface area contributed by atoms with Crippen LogP contribution in [0.25, 0.3) is 0 Å². The summed E-state index contributed by atoms with van der Waals surface area (Å²) in [6, 6.07) is 14.5. The number of rotatable bonds is 7. The fourth-order valence-electron chi connectivity index (χ4n) is 3.18. The third-order valence-electron chi connectivity index (χ3n) is 5.44. The molecule has 0 spiro atoms. The molecule has 29 heavy (non-hydrogen) atoms. The number of carbonyl (C=O) groups is 3. The predicted molar refractivity (Wildman–Crippen MR) is 110 cm³/mol. The molecule has 2 fully saturated rings. The first-order valence-corrected chi connectivity index (χ1v) is 10.1. The van der Waals surface area contributed by atoms with Crippen molar-refractivity contribution in [2.45, 2.75) is 38.8 Å². The Morgan fingerprint density at radius 3 is 2.07 bits per heavy atom. The van der Waals surface area contributed by atoms with Gasteiger partial charge in [-0.1, -0.05) is 19.1 Å². The third-order valence-corrected chi connectivity index (χ3v) is 5.44. The van der Waals surface area contributed by atoms with Gasteiger partial charge >= 0.3 is 0 Å². The van der Waals surface area contributed by atoms with Crippen LogP contribution in [0, 0.1) is 11.8 Å². The van der Waals surface area contributed by atoms with Crippen LogP contribution >= 0.6 is 0 Å². The number of carbonyl (C=O) groups excluding carboxylic acids is 3. The minimum Gasteiger partial charge on any atom is -0.349 e. The van der Waals surface area contributed by atoms with Crippen LogP contribution in [0.4, 0.5) is 5.69 Å². The summed E-state index contributed by atoms with van der Waals surface area (Å²) in [7, 11) is 0. The molecule has 0 radical (unpaired) electrons. The van der Waals surface area contributed by atoms with Crippen molar-refractivity contribution >= 4 is 23.4 Å². The lowest BCUT2D eigenvalue weighted by atomic mass is 10.1. The van der Waals surface area contributed by atoms with Crippen LogP contribution in [0.1, 0.15) is 52.5 Å². The number of amides is 3. The molecule has 0 aromatic heterocycles. The first-order chi connectivity index (χ1) is 14.0. The maximum Gasteiger partial charge on any atom is 0.251 e. The Morgan fingerprint density at radius 1 is 0.897 bits per heavy atom. The van der Waals surface area contributed by atoms with Crippen molar-refractivity contribution in [3.8, 4) is 0 Å². The molecule has 0 aliphatic heterocycles. The fraction of sp³-hybridized carbons (Fsp3) is 0.348. The average molecular weight is 391 g/mol. The lowest BCUT2D eigenvalue weighted by Crippen LogP contribution is -2.25. The van der Waals surface area contributed by atoms with E-state index in [0.717, 1.165) is 24.8 Å². The number of nitrogens with one attached hydrogen (secondary N) is 3. The Morgan fingerprint density at radius 2 is 1.48 bits per heavy atom. The van der Waals surface area contributed by atoms with E-state index in [-0.39, 0.29) is 23.6 Å². The first kappa shape index (κ1) is 19.2. The van der Waals surface area contributed by atoms with Crippen LogP contribution in [-0.4, -0.2) is 23.8 Å². The minimum atomic E-state index is -0.186. The molecular formula is C23H25N3O3. The van der Waals surface area contributed by atoms with E-state index in [4.69, 9.17) is 0 Å². The van der Waals surface area contributed by atoms with Crippen molar-refractivity contribution in [2.75, 3.05) is 5.32 Å². The second-order valence-corrected chi connectivity index (χ2v) is 8.01. The monoisotopic (exact) mass is 391 g/mol. The Bertz CT molecular complexity index is 917. The molecule has 6 nitrogen and oxygen atoms in total. The molecule has 0 saturated heterocycles. The van der Waals surface area contributed by atoms with Crippen LogP contribution in [0.5, 0.6) is 0 Å². The normalized spacial score (nSPS) is 19.9. The molecule has 4 rings (SSSR count). The highest BCUT2D eigenvalue weighted by Crippen LogP contribution is 2.38. The van der Waals surface area contributed by atoms with E-state index in [1.165, 1.54) is 0 Å². The predicted octanol–water partition coefficient (Wildman–Crippen LogP) is 3.10. The molecule has 2 saturated carbocycles. The van der Waals surface area contributed by atoms with Gasteiger partial charge in [0.1, 0.15) is 0 Å². The van der Waals surface area contributed by atoms with E-state index < -0.39 is 0 Å². The van der Waals surface area contributed by atoms with Crippen LogP contribution < -0.4 is 16.0 Å². The van der Waals surface area contributed by atoms with Gasteiger partial charge in [-0.2, -0.15) is 0 Å². The quantitative estimate of drug-likeness (QED) is 0.678. The van der Waals surface area contributed by atoms with Gasteiger partial charge in [-0.3, -0.25) is 14.4 Å². The summed E-state index contributed by atoms with van der Waals surface area (Å²) in [5.74, 6) is 0.385. The van der Waals surface area contributed by atoms with Gasteiger partial charge < -0.3 is 16.0 Å². The van der Waals surface area contributed by atoms with Gasteiger partial charge in [0.05, 0.1) is 0 Å². The van der Waals surface area contributed by atoms with Gasteiger partial charge in [0.15, 0.2) is 0 Å². The van der Waals surface area contributed by atoms with Crippen molar-refractivity contribution in [3.05, 3.63) is 65.2 Å². The van der Waals surface area contributed by atoms with Crippen LogP contribution in [0.3, 0.4) is 0 Å². The molecule has 2 aliphatic carbocycles. The van der Waals surface area contributed by atoms with Gasteiger partial charge in [-0.25, -0.2) is 0 Å². The number of hydrogen-bond acceptors (Lipinski definition) is 3. The topological polar surface area (TPSA) is 87.3 Å². The van der Waals surface area contributed by atoms with Crippen molar-refractivity contribution < 1.29 is 14.4 Å². The smallest absolute Gasteiger partial charge is 0.251 e. The number of anilines is 1. The van der Waals surface area contributed by atoms with Gasteiger partial charge in [-0.15, -0.1) is 0 Å². The standard InChI is InChI=1S/C23H25N3O3/c1-14-12-20(14)23(29)26-18-8-6-16(7-9-18)21(27)24-13-15-2-4-17(5-3-15)22(28)25-19-10-11-19/h2-9,14,19-20H,10-13H2,1H3,(H,24,27)(H,25,28)(H,26,29). The minimum absolute atomic E-state index is 0.0453. The molecule has 2 aromatic carbocycles. The SMILES string of the molecule is CC1CC1C(=O)Nc1ccc(C(=O)NCc2ccc(C(=O)NC3CC3)cc2)cc1. The summed E-state index contributed by atoms with van der Waals surface area (Å²) >= 11 is 0.